The smallest absolute Gasteiger partial charge is 0.165 e. The number of epoxide rings is 1. The molecular weight excluding hydrogens is 156 g/mol. The maximum atomic E-state index is 11.3. The highest BCUT2D eigenvalue weighted by Crippen LogP contribution is 2.44. The summed E-state index contributed by atoms with van der Waals surface area (Å²) in [6.07, 6.45) is 0.772. The van der Waals surface area contributed by atoms with E-state index in [2.05, 4.69) is 0 Å². The molecule has 0 bridgehead atoms. The molecule has 0 aromatic rings. The van der Waals surface area contributed by atoms with Crippen molar-refractivity contribution in [2.45, 2.75) is 38.4 Å². The Labute approximate surface area is 71.0 Å². The first-order valence-corrected chi connectivity index (χ1v) is 4.15. The fourth-order valence-electron chi connectivity index (χ4n) is 1.64. The lowest BCUT2D eigenvalue weighted by atomic mass is 10.0. The van der Waals surface area contributed by atoms with Gasteiger partial charge in [0, 0.05) is 12.8 Å². The molecule has 3 nitrogen and oxygen atoms in total. The topological polar surface area (TPSA) is 49.8 Å². The summed E-state index contributed by atoms with van der Waals surface area (Å²) in [5, 5.41) is 9.38. The summed E-state index contributed by atoms with van der Waals surface area (Å²) < 4.78 is 5.29. The summed E-state index contributed by atoms with van der Waals surface area (Å²) in [7, 11) is 0. The molecule has 0 aromatic heterocycles. The van der Waals surface area contributed by atoms with E-state index in [1.165, 1.54) is 0 Å². The molecule has 2 aliphatic rings. The summed E-state index contributed by atoms with van der Waals surface area (Å²) in [5.41, 5.74) is 0.267. The molecule has 1 saturated heterocycles. The van der Waals surface area contributed by atoms with E-state index in [1.54, 1.807) is 0 Å². The Morgan fingerprint density at radius 1 is 1.50 bits per heavy atom. The first kappa shape index (κ1) is 7.80. The van der Waals surface area contributed by atoms with Gasteiger partial charge in [0.25, 0.3) is 0 Å². The zero-order valence-electron chi connectivity index (χ0n) is 7.26. The van der Waals surface area contributed by atoms with E-state index < -0.39 is 0 Å². The van der Waals surface area contributed by atoms with Crippen LogP contribution in [0.4, 0.5) is 0 Å². The van der Waals surface area contributed by atoms with Crippen LogP contribution < -0.4 is 0 Å². The minimum Gasteiger partial charge on any atom is -0.512 e. The van der Waals surface area contributed by atoms with Crippen LogP contribution in [0.2, 0.25) is 0 Å². The van der Waals surface area contributed by atoms with Crippen LogP contribution in [-0.4, -0.2) is 22.6 Å². The third-order valence-electron chi connectivity index (χ3n) is 2.46. The van der Waals surface area contributed by atoms with Crippen LogP contribution in [0.25, 0.3) is 0 Å². The van der Waals surface area contributed by atoms with Crippen LogP contribution in [0.15, 0.2) is 11.3 Å². The fraction of sp³-hybridized carbons (Fsp3) is 0.667. The molecule has 0 saturated carbocycles. The lowest BCUT2D eigenvalue weighted by molar-refractivity contribution is -0.115. The first-order valence-electron chi connectivity index (χ1n) is 4.15. The molecule has 0 radical (unpaired) electrons. The molecule has 12 heavy (non-hydrogen) atoms. The number of rotatable bonds is 1. The van der Waals surface area contributed by atoms with E-state index >= 15 is 0 Å². The normalized spacial score (nSPS) is 32.8. The Hall–Kier alpha value is -0.830. The van der Waals surface area contributed by atoms with Crippen molar-refractivity contribution in [3.63, 3.8) is 0 Å². The summed E-state index contributed by atoms with van der Waals surface area (Å²) >= 11 is 0. The predicted molar refractivity (Wildman–Crippen MR) is 42.8 cm³/mol. The second-order valence-electron chi connectivity index (χ2n) is 3.88. The molecule has 3 heteroatoms. The van der Waals surface area contributed by atoms with Gasteiger partial charge in [-0.2, -0.15) is 0 Å². The fourth-order valence-corrected chi connectivity index (χ4v) is 1.64. The minimum atomic E-state index is -0.247. The number of hydrogen-bond donors (Lipinski definition) is 1. The minimum absolute atomic E-state index is 0.0445. The van der Waals surface area contributed by atoms with Crippen LogP contribution >= 0.6 is 0 Å². The number of ketones is 1. The van der Waals surface area contributed by atoms with Gasteiger partial charge in [0.15, 0.2) is 5.78 Å². The number of aliphatic hydroxyl groups excluding tert-OH is 1. The Morgan fingerprint density at radius 3 is 2.42 bits per heavy atom. The zero-order chi connectivity index (χ0) is 8.93. The first-order chi connectivity index (χ1) is 5.52. The van der Waals surface area contributed by atoms with Crippen molar-refractivity contribution in [1.29, 1.82) is 0 Å². The summed E-state index contributed by atoms with van der Waals surface area (Å²) in [6, 6.07) is 0. The third-order valence-corrected chi connectivity index (χ3v) is 2.46. The number of carbonyl (C=O) groups is 1. The maximum absolute atomic E-state index is 11.3. The molecule has 66 valence electrons. The summed E-state index contributed by atoms with van der Waals surface area (Å²) in [4.78, 5) is 11.3. The van der Waals surface area contributed by atoms with Crippen molar-refractivity contribution in [2.24, 2.45) is 0 Å². The summed E-state index contributed by atoms with van der Waals surface area (Å²) in [6.45, 7) is 3.84. The molecule has 1 aliphatic carbocycles. The highest BCUT2D eigenvalue weighted by atomic mass is 16.6. The Morgan fingerprint density at radius 2 is 2.08 bits per heavy atom. The number of ether oxygens (including phenoxy) is 1. The predicted octanol–water partition coefficient (Wildman–Crippen LogP) is 1.34. The molecule has 1 atom stereocenters. The number of allylic oxidation sites excluding steroid dienone is 1. The maximum Gasteiger partial charge on any atom is 0.165 e. The molecule has 2 rings (SSSR count). The number of Topliss-reactive ketones (excluding diaryl/α,β-unsaturated/α-hetero) is 1. The lowest BCUT2D eigenvalue weighted by Gasteiger charge is -1.97. The number of aliphatic hydroxyl groups is 1. The van der Waals surface area contributed by atoms with Crippen LogP contribution in [0.5, 0.6) is 0 Å². The van der Waals surface area contributed by atoms with E-state index in [1.807, 2.05) is 13.8 Å². The van der Waals surface area contributed by atoms with Crippen molar-refractivity contribution >= 4 is 5.78 Å². The largest absolute Gasteiger partial charge is 0.512 e. The van der Waals surface area contributed by atoms with Crippen LogP contribution in [0.3, 0.4) is 0 Å². The SMILES string of the molecule is CC1(C)OC1C1=C(O)CCC1=O. The van der Waals surface area contributed by atoms with Crippen LogP contribution in [0, 0.1) is 0 Å². The van der Waals surface area contributed by atoms with Gasteiger partial charge in [0.05, 0.1) is 11.2 Å². The standard InChI is InChI=1S/C9H12O3/c1-9(2)8(12-9)7-5(10)3-4-6(7)11/h8,10H,3-4H2,1-2H3. The van der Waals surface area contributed by atoms with Gasteiger partial charge in [-0.3, -0.25) is 4.79 Å². The highest BCUT2D eigenvalue weighted by Gasteiger charge is 2.53. The second-order valence-corrected chi connectivity index (χ2v) is 3.88. The van der Waals surface area contributed by atoms with Crippen LogP contribution in [0.1, 0.15) is 26.7 Å². The Kier molecular flexibility index (Phi) is 1.37. The molecule has 1 N–H and O–H groups in total. The molecule has 0 aromatic carbocycles. The molecule has 0 amide bonds. The van der Waals surface area contributed by atoms with Gasteiger partial charge >= 0.3 is 0 Å². The van der Waals surface area contributed by atoms with Crippen LogP contribution in [-0.2, 0) is 9.53 Å². The van der Waals surface area contributed by atoms with E-state index in [9.17, 15) is 9.90 Å². The lowest BCUT2D eigenvalue weighted by Crippen LogP contribution is -2.11. The molecule has 1 fully saturated rings. The van der Waals surface area contributed by atoms with Crippen molar-refractivity contribution in [3.8, 4) is 0 Å². The van der Waals surface area contributed by atoms with E-state index in [-0.39, 0.29) is 23.2 Å². The van der Waals surface area contributed by atoms with Crippen molar-refractivity contribution in [2.75, 3.05) is 0 Å². The van der Waals surface area contributed by atoms with Gasteiger partial charge in [-0.05, 0) is 13.8 Å². The zero-order valence-corrected chi connectivity index (χ0v) is 7.26. The molecule has 1 heterocycles. The number of carbonyl (C=O) groups excluding carboxylic acids is 1. The highest BCUT2D eigenvalue weighted by molar-refractivity contribution is 5.99. The van der Waals surface area contributed by atoms with E-state index in [0.29, 0.717) is 18.4 Å². The molecule has 0 spiro atoms. The third kappa shape index (κ3) is 0.966. The van der Waals surface area contributed by atoms with Crippen molar-refractivity contribution < 1.29 is 14.6 Å². The van der Waals surface area contributed by atoms with Gasteiger partial charge in [0.1, 0.15) is 11.9 Å². The number of hydrogen-bond acceptors (Lipinski definition) is 3. The average Bonchev–Trinajstić information content (AvgIpc) is 2.42. The van der Waals surface area contributed by atoms with Gasteiger partial charge < -0.3 is 9.84 Å². The molecule has 1 unspecified atom stereocenters. The van der Waals surface area contributed by atoms with Crippen molar-refractivity contribution in [3.05, 3.63) is 11.3 Å². The van der Waals surface area contributed by atoms with Gasteiger partial charge in [-0.25, -0.2) is 0 Å². The summed E-state index contributed by atoms with van der Waals surface area (Å²) in [5.74, 6) is 0.277. The van der Waals surface area contributed by atoms with E-state index in [4.69, 9.17) is 4.74 Å². The second kappa shape index (κ2) is 2.10. The van der Waals surface area contributed by atoms with Gasteiger partial charge in [-0.15, -0.1) is 0 Å². The Bertz CT molecular complexity index is 275. The van der Waals surface area contributed by atoms with Gasteiger partial charge in [0.2, 0.25) is 0 Å². The van der Waals surface area contributed by atoms with Crippen molar-refractivity contribution in [1.82, 2.24) is 0 Å². The molecular formula is C9H12O3. The Balaban J connectivity index is 2.24. The average molecular weight is 168 g/mol. The van der Waals surface area contributed by atoms with E-state index in [0.717, 1.165) is 0 Å². The quantitative estimate of drug-likeness (QED) is 0.601. The monoisotopic (exact) mass is 168 g/mol. The molecule has 1 aliphatic heterocycles. The van der Waals surface area contributed by atoms with Gasteiger partial charge in [-0.1, -0.05) is 0 Å².